The lowest BCUT2D eigenvalue weighted by Crippen LogP contribution is -2.60. The van der Waals surface area contributed by atoms with Crippen LogP contribution in [-0.4, -0.2) is 30.3 Å². The SMILES string of the molecule is CC(F)(F)C1OCC[C@@](N)(c2cc(Br)ccc2F)[C@@H]1CO. The Morgan fingerprint density at radius 3 is 2.76 bits per heavy atom. The predicted molar refractivity (Wildman–Crippen MR) is 75.5 cm³/mol. The molecule has 1 fully saturated rings. The lowest BCUT2D eigenvalue weighted by atomic mass is 9.71. The normalized spacial score (nSPS) is 30.4. The molecule has 1 aliphatic heterocycles. The first-order valence-corrected chi connectivity index (χ1v) is 7.34. The van der Waals surface area contributed by atoms with Crippen LogP contribution >= 0.6 is 15.9 Å². The van der Waals surface area contributed by atoms with Crippen LogP contribution in [0.4, 0.5) is 13.2 Å². The molecule has 0 spiro atoms. The van der Waals surface area contributed by atoms with Crippen molar-refractivity contribution in [1.29, 1.82) is 0 Å². The molecule has 0 saturated carbocycles. The maximum atomic E-state index is 14.1. The first-order valence-electron chi connectivity index (χ1n) is 6.55. The lowest BCUT2D eigenvalue weighted by Gasteiger charge is -2.46. The molecule has 1 saturated heterocycles. The van der Waals surface area contributed by atoms with Crippen LogP contribution in [0.15, 0.2) is 22.7 Å². The van der Waals surface area contributed by atoms with Crippen LogP contribution in [0, 0.1) is 11.7 Å². The Morgan fingerprint density at radius 2 is 2.19 bits per heavy atom. The molecular formula is C14H17BrF3NO2. The van der Waals surface area contributed by atoms with Crippen molar-refractivity contribution < 1.29 is 23.0 Å². The summed E-state index contributed by atoms with van der Waals surface area (Å²) in [6.45, 7) is 0.0763. The molecule has 3 N–H and O–H groups in total. The maximum absolute atomic E-state index is 14.1. The second kappa shape index (κ2) is 5.87. The zero-order valence-electron chi connectivity index (χ0n) is 11.5. The number of nitrogens with two attached hydrogens (primary N) is 1. The van der Waals surface area contributed by atoms with Crippen LogP contribution in [0.5, 0.6) is 0 Å². The number of benzene rings is 1. The highest BCUT2D eigenvalue weighted by Gasteiger charge is 2.53. The van der Waals surface area contributed by atoms with E-state index in [0.29, 0.717) is 11.4 Å². The van der Waals surface area contributed by atoms with Crippen molar-refractivity contribution >= 4 is 15.9 Å². The Kier molecular flexibility index (Phi) is 4.68. The topological polar surface area (TPSA) is 55.5 Å². The minimum atomic E-state index is -3.18. The molecule has 0 bridgehead atoms. The minimum Gasteiger partial charge on any atom is -0.396 e. The van der Waals surface area contributed by atoms with E-state index in [1.54, 1.807) is 0 Å². The lowest BCUT2D eigenvalue weighted by molar-refractivity contribution is -0.194. The average molecular weight is 368 g/mol. The highest BCUT2D eigenvalue weighted by Crippen LogP contribution is 2.43. The van der Waals surface area contributed by atoms with Gasteiger partial charge in [-0.2, -0.15) is 0 Å². The Labute approximate surface area is 129 Å². The Bertz CT molecular complexity index is 523. The number of halogens is 4. The highest BCUT2D eigenvalue weighted by atomic mass is 79.9. The van der Waals surface area contributed by atoms with Crippen molar-refractivity contribution in [3.05, 3.63) is 34.1 Å². The van der Waals surface area contributed by atoms with Crippen molar-refractivity contribution in [2.45, 2.75) is 30.9 Å². The molecule has 3 nitrogen and oxygen atoms in total. The van der Waals surface area contributed by atoms with Gasteiger partial charge in [0.05, 0.1) is 12.1 Å². The quantitative estimate of drug-likeness (QED) is 0.863. The van der Waals surface area contributed by atoms with Gasteiger partial charge in [-0.1, -0.05) is 15.9 Å². The molecule has 3 atom stereocenters. The molecule has 1 aliphatic rings. The Hall–Kier alpha value is -0.630. The Morgan fingerprint density at radius 1 is 1.52 bits per heavy atom. The van der Waals surface area contributed by atoms with Gasteiger partial charge >= 0.3 is 0 Å². The van der Waals surface area contributed by atoms with Gasteiger partial charge < -0.3 is 15.6 Å². The van der Waals surface area contributed by atoms with Gasteiger partial charge in [-0.3, -0.25) is 0 Å². The second-order valence-electron chi connectivity index (χ2n) is 5.45. The van der Waals surface area contributed by atoms with Crippen molar-refractivity contribution in [3.8, 4) is 0 Å². The third-order valence-electron chi connectivity index (χ3n) is 3.97. The molecular weight excluding hydrogens is 351 g/mol. The van der Waals surface area contributed by atoms with Crippen molar-refractivity contribution in [2.75, 3.05) is 13.2 Å². The smallest absolute Gasteiger partial charge is 0.271 e. The zero-order chi connectivity index (χ0) is 15.8. The number of rotatable bonds is 3. The van der Waals surface area contributed by atoms with Gasteiger partial charge in [-0.05, 0) is 24.6 Å². The molecule has 1 aromatic carbocycles. The Balaban J connectivity index is 2.50. The molecule has 118 valence electrons. The minimum absolute atomic E-state index is 0.0208. The van der Waals surface area contributed by atoms with Gasteiger partial charge in [0.2, 0.25) is 0 Å². The van der Waals surface area contributed by atoms with Crippen LogP contribution in [0.25, 0.3) is 0 Å². The van der Waals surface area contributed by atoms with Crippen LogP contribution in [0.1, 0.15) is 18.9 Å². The van der Waals surface area contributed by atoms with Gasteiger partial charge in [0.15, 0.2) is 0 Å². The monoisotopic (exact) mass is 367 g/mol. The summed E-state index contributed by atoms with van der Waals surface area (Å²) in [5.41, 5.74) is 4.95. The molecule has 21 heavy (non-hydrogen) atoms. The van der Waals surface area contributed by atoms with Gasteiger partial charge in [0.25, 0.3) is 5.92 Å². The van der Waals surface area contributed by atoms with Gasteiger partial charge in [-0.15, -0.1) is 0 Å². The van der Waals surface area contributed by atoms with Crippen LogP contribution in [0.3, 0.4) is 0 Å². The number of aliphatic hydroxyl groups excluding tert-OH is 1. The van der Waals surface area contributed by atoms with Crippen LogP contribution in [0.2, 0.25) is 0 Å². The van der Waals surface area contributed by atoms with E-state index < -0.39 is 35.9 Å². The van der Waals surface area contributed by atoms with E-state index in [4.69, 9.17) is 10.5 Å². The van der Waals surface area contributed by atoms with E-state index in [2.05, 4.69) is 15.9 Å². The molecule has 0 aromatic heterocycles. The fourth-order valence-corrected chi connectivity index (χ4v) is 3.23. The summed E-state index contributed by atoms with van der Waals surface area (Å²) in [4.78, 5) is 0. The summed E-state index contributed by atoms with van der Waals surface area (Å²) in [6.07, 6.45) is -1.40. The summed E-state index contributed by atoms with van der Waals surface area (Å²) in [6, 6.07) is 4.19. The number of hydrogen-bond donors (Lipinski definition) is 2. The van der Waals surface area contributed by atoms with Gasteiger partial charge in [-0.25, -0.2) is 13.2 Å². The van der Waals surface area contributed by atoms with Crippen molar-refractivity contribution in [1.82, 2.24) is 0 Å². The summed E-state index contributed by atoms with van der Waals surface area (Å²) in [7, 11) is 0. The fraction of sp³-hybridized carbons (Fsp3) is 0.571. The number of hydrogen-bond acceptors (Lipinski definition) is 3. The van der Waals surface area contributed by atoms with Crippen molar-refractivity contribution in [3.63, 3.8) is 0 Å². The zero-order valence-corrected chi connectivity index (χ0v) is 13.0. The molecule has 0 radical (unpaired) electrons. The average Bonchev–Trinajstić information content (AvgIpc) is 2.40. The molecule has 0 aliphatic carbocycles. The molecule has 2 rings (SSSR count). The van der Waals surface area contributed by atoms with Crippen LogP contribution in [-0.2, 0) is 10.3 Å². The van der Waals surface area contributed by atoms with E-state index in [9.17, 15) is 18.3 Å². The third kappa shape index (κ3) is 3.11. The van der Waals surface area contributed by atoms with E-state index in [1.807, 2.05) is 0 Å². The summed E-state index contributed by atoms with van der Waals surface area (Å²) in [5, 5.41) is 9.55. The number of aliphatic hydroxyl groups is 1. The predicted octanol–water partition coefficient (Wildman–Crippen LogP) is 2.79. The summed E-state index contributed by atoms with van der Waals surface area (Å²) >= 11 is 3.22. The first-order chi connectivity index (χ1) is 9.70. The fourth-order valence-electron chi connectivity index (χ4n) is 2.87. The van der Waals surface area contributed by atoms with E-state index in [1.165, 1.54) is 18.2 Å². The standard InChI is InChI=1S/C14H17BrF3NO2/c1-13(17,18)12-10(7-20)14(19,4-5-21-12)9-6-8(15)2-3-11(9)16/h2-3,6,10,12,20H,4-5,7,19H2,1H3/t10-,12?,14-/m1/s1. The number of alkyl halides is 2. The second-order valence-corrected chi connectivity index (χ2v) is 6.37. The summed E-state index contributed by atoms with van der Waals surface area (Å²) in [5.74, 6) is -4.87. The van der Waals surface area contributed by atoms with Crippen molar-refractivity contribution in [2.24, 2.45) is 11.7 Å². The van der Waals surface area contributed by atoms with E-state index in [-0.39, 0.29) is 18.6 Å². The molecule has 0 amide bonds. The van der Waals surface area contributed by atoms with Gasteiger partial charge in [0, 0.05) is 29.5 Å². The molecule has 1 aromatic rings. The maximum Gasteiger partial charge on any atom is 0.271 e. The first kappa shape index (κ1) is 16.7. The van der Waals surface area contributed by atoms with E-state index in [0.717, 1.165) is 0 Å². The molecule has 1 unspecified atom stereocenters. The summed E-state index contributed by atoms with van der Waals surface area (Å²) < 4.78 is 47.2. The molecule has 1 heterocycles. The number of ether oxygens (including phenoxy) is 1. The van der Waals surface area contributed by atoms with Gasteiger partial charge in [0.1, 0.15) is 11.9 Å². The largest absolute Gasteiger partial charge is 0.396 e. The van der Waals surface area contributed by atoms with E-state index >= 15 is 0 Å². The molecule has 7 heteroatoms. The highest BCUT2D eigenvalue weighted by molar-refractivity contribution is 9.10. The van der Waals surface area contributed by atoms with Crippen LogP contribution < -0.4 is 5.73 Å². The third-order valence-corrected chi connectivity index (χ3v) is 4.46.